The second kappa shape index (κ2) is 7.94. The molecule has 1 saturated heterocycles. The molecule has 0 aliphatic carbocycles. The maximum atomic E-state index is 13.0. The Labute approximate surface area is 170 Å². The third-order valence-electron chi connectivity index (χ3n) is 5.38. The molecule has 30 heavy (non-hydrogen) atoms. The van der Waals surface area contributed by atoms with E-state index >= 15 is 0 Å². The van der Waals surface area contributed by atoms with Crippen molar-refractivity contribution in [3.8, 4) is 0 Å². The first-order valence-corrected chi connectivity index (χ1v) is 9.57. The number of amides is 1. The molecule has 4 rings (SSSR count). The van der Waals surface area contributed by atoms with Gasteiger partial charge in [0, 0.05) is 25.3 Å². The molecule has 154 valence electrons. The number of rotatable bonds is 3. The van der Waals surface area contributed by atoms with Gasteiger partial charge in [-0.3, -0.25) is 19.1 Å². The molecule has 0 unspecified atom stereocenters. The Morgan fingerprint density at radius 2 is 1.77 bits per heavy atom. The maximum Gasteiger partial charge on any atom is 0.338 e. The molecule has 9 nitrogen and oxygen atoms in total. The standard InChI is InChI=1S/C21H20N4O5/c1-30-20(28)15-6-3-2-5-14(15)18(26)24-11-8-13(9-12-24)25-19(27)16-7-4-10-22-17(16)23-21(25)29/h2-7,10,13H,8-9,11-12H2,1H3,(H,22,23,29). The first-order valence-electron chi connectivity index (χ1n) is 9.57. The molecule has 2 aromatic heterocycles. The molecule has 0 radical (unpaired) electrons. The van der Waals surface area contributed by atoms with Crippen LogP contribution in [0.1, 0.15) is 39.6 Å². The number of H-pyrrole nitrogens is 1. The van der Waals surface area contributed by atoms with Gasteiger partial charge in [-0.15, -0.1) is 0 Å². The molecule has 1 aliphatic rings. The van der Waals surface area contributed by atoms with Crippen LogP contribution in [0.5, 0.6) is 0 Å². The van der Waals surface area contributed by atoms with E-state index in [9.17, 15) is 19.2 Å². The quantitative estimate of drug-likeness (QED) is 0.655. The van der Waals surface area contributed by atoms with Gasteiger partial charge in [-0.2, -0.15) is 0 Å². The van der Waals surface area contributed by atoms with Crippen molar-refractivity contribution in [1.82, 2.24) is 19.4 Å². The van der Waals surface area contributed by atoms with Gasteiger partial charge < -0.3 is 9.64 Å². The highest BCUT2D eigenvalue weighted by atomic mass is 16.5. The lowest BCUT2D eigenvalue weighted by atomic mass is 10.0. The molecule has 1 aromatic carbocycles. The number of carbonyl (C=O) groups excluding carboxylic acids is 2. The summed E-state index contributed by atoms with van der Waals surface area (Å²) in [6.45, 7) is 0.714. The van der Waals surface area contributed by atoms with Crippen LogP contribution < -0.4 is 11.2 Å². The van der Waals surface area contributed by atoms with Gasteiger partial charge in [0.15, 0.2) is 0 Å². The van der Waals surface area contributed by atoms with Crippen molar-refractivity contribution in [3.05, 3.63) is 74.6 Å². The summed E-state index contributed by atoms with van der Waals surface area (Å²) in [7, 11) is 1.27. The number of ether oxygens (including phenoxy) is 1. The number of esters is 1. The zero-order valence-electron chi connectivity index (χ0n) is 16.3. The third kappa shape index (κ3) is 3.38. The fourth-order valence-electron chi connectivity index (χ4n) is 3.85. The molecule has 3 aromatic rings. The SMILES string of the molecule is COC(=O)c1ccccc1C(=O)N1CCC(n2c(=O)[nH]c3ncccc3c2=O)CC1. The zero-order valence-corrected chi connectivity index (χ0v) is 16.3. The van der Waals surface area contributed by atoms with Gasteiger partial charge in [-0.1, -0.05) is 12.1 Å². The monoisotopic (exact) mass is 408 g/mol. The largest absolute Gasteiger partial charge is 0.465 e. The highest BCUT2D eigenvalue weighted by molar-refractivity contribution is 6.05. The summed E-state index contributed by atoms with van der Waals surface area (Å²) >= 11 is 0. The molecular weight excluding hydrogens is 388 g/mol. The Balaban J connectivity index is 1.56. The lowest BCUT2D eigenvalue weighted by Crippen LogP contribution is -2.45. The van der Waals surface area contributed by atoms with Crippen molar-refractivity contribution in [1.29, 1.82) is 0 Å². The normalized spacial score (nSPS) is 14.6. The maximum absolute atomic E-state index is 13.0. The van der Waals surface area contributed by atoms with E-state index in [1.54, 1.807) is 41.3 Å². The number of hydrogen-bond donors (Lipinski definition) is 1. The van der Waals surface area contributed by atoms with Gasteiger partial charge in [0.2, 0.25) is 0 Å². The minimum atomic E-state index is -0.573. The van der Waals surface area contributed by atoms with Gasteiger partial charge in [0.05, 0.1) is 23.6 Å². The Hall–Kier alpha value is -3.75. The van der Waals surface area contributed by atoms with Crippen LogP contribution in [0, 0.1) is 0 Å². The summed E-state index contributed by atoms with van der Waals surface area (Å²) in [4.78, 5) is 58.5. The molecule has 0 saturated carbocycles. The molecule has 1 aliphatic heterocycles. The number of benzene rings is 1. The van der Waals surface area contributed by atoms with Crippen LogP contribution in [0.2, 0.25) is 0 Å². The topological polar surface area (TPSA) is 114 Å². The Morgan fingerprint density at radius 1 is 1.07 bits per heavy atom. The van der Waals surface area contributed by atoms with E-state index in [4.69, 9.17) is 4.74 Å². The van der Waals surface area contributed by atoms with E-state index in [1.807, 2.05) is 0 Å². The zero-order chi connectivity index (χ0) is 21.3. The van der Waals surface area contributed by atoms with E-state index in [1.165, 1.54) is 17.9 Å². The van der Waals surface area contributed by atoms with Crippen LogP contribution in [0.25, 0.3) is 11.0 Å². The van der Waals surface area contributed by atoms with Crippen molar-refractivity contribution in [3.63, 3.8) is 0 Å². The lowest BCUT2D eigenvalue weighted by molar-refractivity contribution is 0.0584. The third-order valence-corrected chi connectivity index (χ3v) is 5.38. The fraction of sp³-hybridized carbons (Fsp3) is 0.286. The number of nitrogens with one attached hydrogen (secondary N) is 1. The number of likely N-dealkylation sites (tertiary alicyclic amines) is 1. The van der Waals surface area contributed by atoms with Crippen molar-refractivity contribution < 1.29 is 14.3 Å². The fourth-order valence-corrected chi connectivity index (χ4v) is 3.85. The molecule has 0 spiro atoms. The van der Waals surface area contributed by atoms with Crippen LogP contribution in [0.4, 0.5) is 0 Å². The van der Waals surface area contributed by atoms with Crippen molar-refractivity contribution >= 4 is 22.9 Å². The summed E-state index contributed by atoms with van der Waals surface area (Å²) in [6, 6.07) is 9.44. The highest BCUT2D eigenvalue weighted by Gasteiger charge is 2.28. The minimum absolute atomic E-state index is 0.210. The summed E-state index contributed by atoms with van der Waals surface area (Å²) in [6.07, 6.45) is 2.40. The van der Waals surface area contributed by atoms with Crippen LogP contribution >= 0.6 is 0 Å². The predicted octanol–water partition coefficient (Wildman–Crippen LogP) is 1.35. The lowest BCUT2D eigenvalue weighted by Gasteiger charge is -2.32. The van der Waals surface area contributed by atoms with E-state index in [2.05, 4.69) is 9.97 Å². The van der Waals surface area contributed by atoms with Crippen molar-refractivity contribution in [2.75, 3.05) is 20.2 Å². The second-order valence-electron chi connectivity index (χ2n) is 7.07. The molecule has 9 heteroatoms. The number of pyridine rings is 1. The molecule has 3 heterocycles. The van der Waals surface area contributed by atoms with Crippen LogP contribution in [-0.4, -0.2) is 51.5 Å². The first-order chi connectivity index (χ1) is 14.5. The summed E-state index contributed by atoms with van der Waals surface area (Å²) < 4.78 is 5.98. The summed E-state index contributed by atoms with van der Waals surface area (Å²) in [5, 5.41) is 0.350. The first kappa shape index (κ1) is 19.6. The van der Waals surface area contributed by atoms with Crippen molar-refractivity contribution in [2.45, 2.75) is 18.9 Å². The number of fused-ring (bicyclic) bond motifs is 1. The van der Waals surface area contributed by atoms with Gasteiger partial charge in [-0.05, 0) is 37.1 Å². The van der Waals surface area contributed by atoms with Crippen LogP contribution in [0.15, 0.2) is 52.2 Å². The van der Waals surface area contributed by atoms with Gasteiger partial charge >= 0.3 is 11.7 Å². The predicted molar refractivity (Wildman–Crippen MR) is 109 cm³/mol. The Bertz CT molecular complexity index is 1240. The average molecular weight is 408 g/mol. The molecule has 1 N–H and O–H groups in total. The molecule has 1 amide bonds. The average Bonchev–Trinajstić information content (AvgIpc) is 2.78. The van der Waals surface area contributed by atoms with E-state index in [0.717, 1.165) is 0 Å². The smallest absolute Gasteiger partial charge is 0.338 e. The number of piperidine rings is 1. The van der Waals surface area contributed by atoms with E-state index in [-0.39, 0.29) is 34.3 Å². The number of aromatic nitrogens is 3. The van der Waals surface area contributed by atoms with E-state index in [0.29, 0.717) is 31.3 Å². The van der Waals surface area contributed by atoms with E-state index < -0.39 is 11.7 Å². The highest BCUT2D eigenvalue weighted by Crippen LogP contribution is 2.23. The summed E-state index contributed by atoms with van der Waals surface area (Å²) in [5.74, 6) is -0.852. The van der Waals surface area contributed by atoms with Gasteiger partial charge in [-0.25, -0.2) is 14.6 Å². The van der Waals surface area contributed by atoms with Crippen molar-refractivity contribution in [2.24, 2.45) is 0 Å². The Kier molecular flexibility index (Phi) is 5.18. The number of nitrogens with zero attached hydrogens (tertiary/aromatic N) is 3. The molecule has 0 atom stereocenters. The Morgan fingerprint density at radius 3 is 2.47 bits per heavy atom. The number of carbonyl (C=O) groups is 2. The van der Waals surface area contributed by atoms with Crippen LogP contribution in [0.3, 0.4) is 0 Å². The van der Waals surface area contributed by atoms with Gasteiger partial charge in [0.1, 0.15) is 5.65 Å². The molecule has 0 bridgehead atoms. The minimum Gasteiger partial charge on any atom is -0.465 e. The molecular formula is C21H20N4O5. The van der Waals surface area contributed by atoms with Gasteiger partial charge in [0.25, 0.3) is 11.5 Å². The summed E-state index contributed by atoms with van der Waals surface area (Å²) in [5.41, 5.74) is -0.151. The number of hydrogen-bond acceptors (Lipinski definition) is 6. The van der Waals surface area contributed by atoms with Crippen LogP contribution in [-0.2, 0) is 4.74 Å². The number of aromatic amines is 1. The molecule has 1 fully saturated rings. The second-order valence-corrected chi connectivity index (χ2v) is 7.07. The number of methoxy groups -OCH3 is 1.